The maximum atomic E-state index is 11.9. The van der Waals surface area contributed by atoms with Gasteiger partial charge in [0.15, 0.2) is 0 Å². The SMILES string of the molecule is CCNC(=O)NC(CCC1CC(CO)C(O)C(O)C1O)C(O)CC(O)CC. The van der Waals surface area contributed by atoms with E-state index >= 15 is 0 Å². The van der Waals surface area contributed by atoms with Crippen LogP contribution in [-0.4, -0.2) is 86.4 Å². The standard InChI is InChI=1S/C18H36N2O7/c1-3-12(22)8-14(23)13(20-18(27)19-4-2)6-5-10-7-11(9-21)16(25)17(26)15(10)24/h10-17,21-26H,3-9H2,1-2H3,(H2,19,20,27). The van der Waals surface area contributed by atoms with E-state index in [4.69, 9.17) is 0 Å². The van der Waals surface area contributed by atoms with Crippen molar-refractivity contribution in [1.29, 1.82) is 0 Å². The molecule has 0 aromatic carbocycles. The number of aliphatic hydroxyl groups excluding tert-OH is 6. The van der Waals surface area contributed by atoms with Crippen molar-refractivity contribution in [1.82, 2.24) is 10.6 Å². The van der Waals surface area contributed by atoms with Gasteiger partial charge in [-0.2, -0.15) is 0 Å². The second kappa shape index (κ2) is 11.8. The minimum absolute atomic E-state index is 0.112. The molecule has 0 spiro atoms. The van der Waals surface area contributed by atoms with Crippen LogP contribution in [0.2, 0.25) is 0 Å². The highest BCUT2D eigenvalue weighted by Crippen LogP contribution is 2.33. The Morgan fingerprint density at radius 2 is 1.70 bits per heavy atom. The molecule has 1 fully saturated rings. The summed E-state index contributed by atoms with van der Waals surface area (Å²) in [7, 11) is 0. The molecule has 9 heteroatoms. The molecule has 9 nitrogen and oxygen atoms in total. The fraction of sp³-hybridized carbons (Fsp3) is 0.944. The molecule has 0 saturated heterocycles. The van der Waals surface area contributed by atoms with Gasteiger partial charge in [-0.1, -0.05) is 6.92 Å². The lowest BCUT2D eigenvalue weighted by Crippen LogP contribution is -2.53. The molecule has 8 unspecified atom stereocenters. The molecule has 0 aromatic rings. The zero-order chi connectivity index (χ0) is 20.6. The zero-order valence-electron chi connectivity index (χ0n) is 16.2. The number of carbonyl (C=O) groups excluding carboxylic acids is 1. The molecule has 0 radical (unpaired) electrons. The van der Waals surface area contributed by atoms with E-state index < -0.39 is 48.5 Å². The first-order valence-electron chi connectivity index (χ1n) is 9.80. The highest BCUT2D eigenvalue weighted by molar-refractivity contribution is 5.74. The first kappa shape index (κ1) is 24.1. The average Bonchev–Trinajstić information content (AvgIpc) is 2.64. The summed E-state index contributed by atoms with van der Waals surface area (Å²) in [5.41, 5.74) is 0. The Kier molecular flexibility index (Phi) is 10.5. The van der Waals surface area contributed by atoms with Crippen molar-refractivity contribution in [3.8, 4) is 0 Å². The summed E-state index contributed by atoms with van der Waals surface area (Å²) in [5.74, 6) is -0.919. The van der Waals surface area contributed by atoms with E-state index in [9.17, 15) is 35.4 Å². The van der Waals surface area contributed by atoms with Gasteiger partial charge in [-0.05, 0) is 38.5 Å². The van der Waals surface area contributed by atoms with Gasteiger partial charge in [0.2, 0.25) is 0 Å². The first-order valence-corrected chi connectivity index (χ1v) is 9.80. The Bertz CT molecular complexity index is 438. The van der Waals surface area contributed by atoms with Gasteiger partial charge in [0, 0.05) is 25.5 Å². The summed E-state index contributed by atoms with van der Waals surface area (Å²) >= 11 is 0. The van der Waals surface area contributed by atoms with Crippen molar-refractivity contribution >= 4 is 6.03 Å². The minimum Gasteiger partial charge on any atom is -0.396 e. The molecule has 160 valence electrons. The van der Waals surface area contributed by atoms with Crippen LogP contribution in [0.1, 0.15) is 46.0 Å². The number of carbonyl (C=O) groups is 1. The molecule has 2 amide bonds. The van der Waals surface area contributed by atoms with Gasteiger partial charge in [-0.25, -0.2) is 4.79 Å². The summed E-state index contributed by atoms with van der Waals surface area (Å²) < 4.78 is 0. The Morgan fingerprint density at radius 1 is 1.07 bits per heavy atom. The van der Waals surface area contributed by atoms with Crippen LogP contribution in [-0.2, 0) is 0 Å². The Labute approximate surface area is 160 Å². The first-order chi connectivity index (χ1) is 12.7. The van der Waals surface area contributed by atoms with E-state index in [1.54, 1.807) is 13.8 Å². The Hall–Kier alpha value is -0.970. The van der Waals surface area contributed by atoms with E-state index in [-0.39, 0.29) is 18.9 Å². The Morgan fingerprint density at radius 3 is 2.26 bits per heavy atom. The fourth-order valence-electron chi connectivity index (χ4n) is 3.64. The number of urea groups is 1. The van der Waals surface area contributed by atoms with Crippen molar-refractivity contribution in [3.63, 3.8) is 0 Å². The van der Waals surface area contributed by atoms with Crippen molar-refractivity contribution in [2.24, 2.45) is 11.8 Å². The molecule has 1 aliphatic carbocycles. The van der Waals surface area contributed by atoms with Gasteiger partial charge in [-0.3, -0.25) is 0 Å². The van der Waals surface area contributed by atoms with Crippen LogP contribution >= 0.6 is 0 Å². The van der Waals surface area contributed by atoms with Crippen LogP contribution in [0, 0.1) is 11.8 Å². The summed E-state index contributed by atoms with van der Waals surface area (Å²) in [4.78, 5) is 11.9. The highest BCUT2D eigenvalue weighted by atomic mass is 16.4. The van der Waals surface area contributed by atoms with E-state index in [1.807, 2.05) is 0 Å². The second-order valence-corrected chi connectivity index (χ2v) is 7.46. The summed E-state index contributed by atoms with van der Waals surface area (Å²) in [6.45, 7) is 3.69. The molecule has 1 rings (SSSR count). The zero-order valence-corrected chi connectivity index (χ0v) is 16.2. The van der Waals surface area contributed by atoms with Crippen LogP contribution in [0.15, 0.2) is 0 Å². The highest BCUT2D eigenvalue weighted by Gasteiger charge is 2.42. The van der Waals surface area contributed by atoms with Gasteiger partial charge in [0.1, 0.15) is 6.10 Å². The van der Waals surface area contributed by atoms with Gasteiger partial charge >= 0.3 is 6.03 Å². The van der Waals surface area contributed by atoms with Crippen molar-refractivity contribution < 1.29 is 35.4 Å². The quantitative estimate of drug-likeness (QED) is 0.229. The van der Waals surface area contributed by atoms with Crippen LogP contribution in [0.25, 0.3) is 0 Å². The fourth-order valence-corrected chi connectivity index (χ4v) is 3.64. The van der Waals surface area contributed by atoms with Crippen LogP contribution in [0.5, 0.6) is 0 Å². The molecule has 1 saturated carbocycles. The second-order valence-electron chi connectivity index (χ2n) is 7.46. The lowest BCUT2D eigenvalue weighted by Gasteiger charge is -2.40. The van der Waals surface area contributed by atoms with Gasteiger partial charge in [-0.15, -0.1) is 0 Å². The van der Waals surface area contributed by atoms with Gasteiger partial charge < -0.3 is 41.3 Å². The number of amides is 2. The van der Waals surface area contributed by atoms with E-state index in [0.29, 0.717) is 32.2 Å². The number of hydrogen-bond donors (Lipinski definition) is 8. The van der Waals surface area contributed by atoms with E-state index in [1.165, 1.54) is 0 Å². The van der Waals surface area contributed by atoms with Crippen LogP contribution in [0.4, 0.5) is 4.79 Å². The van der Waals surface area contributed by atoms with Crippen LogP contribution in [0.3, 0.4) is 0 Å². The molecule has 8 atom stereocenters. The number of aliphatic hydroxyl groups is 6. The summed E-state index contributed by atoms with van der Waals surface area (Å²) in [6, 6.07) is -1.07. The van der Waals surface area contributed by atoms with E-state index in [2.05, 4.69) is 10.6 Å². The molecule has 0 heterocycles. The lowest BCUT2D eigenvalue weighted by atomic mass is 9.73. The number of rotatable bonds is 10. The largest absolute Gasteiger partial charge is 0.396 e. The molecular formula is C18H36N2O7. The monoisotopic (exact) mass is 392 g/mol. The third-order valence-electron chi connectivity index (χ3n) is 5.46. The topological polar surface area (TPSA) is 163 Å². The Balaban J connectivity index is 2.74. The molecule has 0 aliphatic heterocycles. The normalized spacial score (nSPS) is 31.8. The molecule has 27 heavy (non-hydrogen) atoms. The van der Waals surface area contributed by atoms with Crippen molar-refractivity contribution in [2.45, 2.75) is 82.5 Å². The van der Waals surface area contributed by atoms with E-state index in [0.717, 1.165) is 0 Å². The molecule has 0 aromatic heterocycles. The third-order valence-corrected chi connectivity index (χ3v) is 5.46. The summed E-state index contributed by atoms with van der Waals surface area (Å²) in [6.07, 6.45) is -3.71. The molecular weight excluding hydrogens is 356 g/mol. The maximum Gasteiger partial charge on any atom is 0.315 e. The number of nitrogens with one attached hydrogen (secondary N) is 2. The number of hydrogen-bond acceptors (Lipinski definition) is 7. The average molecular weight is 392 g/mol. The van der Waals surface area contributed by atoms with Crippen LogP contribution < -0.4 is 10.6 Å². The molecule has 0 bridgehead atoms. The molecule has 1 aliphatic rings. The maximum absolute atomic E-state index is 11.9. The van der Waals surface area contributed by atoms with Crippen molar-refractivity contribution in [2.75, 3.05) is 13.2 Å². The smallest absolute Gasteiger partial charge is 0.315 e. The van der Waals surface area contributed by atoms with Crippen molar-refractivity contribution in [3.05, 3.63) is 0 Å². The predicted octanol–water partition coefficient (Wildman–Crippen LogP) is -1.31. The predicted molar refractivity (Wildman–Crippen MR) is 98.9 cm³/mol. The van der Waals surface area contributed by atoms with Gasteiger partial charge in [0.05, 0.1) is 30.5 Å². The molecule has 8 N–H and O–H groups in total. The summed E-state index contributed by atoms with van der Waals surface area (Å²) in [5, 5.41) is 65.0. The van der Waals surface area contributed by atoms with Gasteiger partial charge in [0.25, 0.3) is 0 Å². The minimum atomic E-state index is -1.34. The lowest BCUT2D eigenvalue weighted by molar-refractivity contribution is -0.143. The third kappa shape index (κ3) is 7.17.